The molecule has 4 heterocycles. The van der Waals surface area contributed by atoms with Crippen molar-refractivity contribution in [2.24, 2.45) is 13.0 Å². The van der Waals surface area contributed by atoms with Crippen LogP contribution in [0.2, 0.25) is 0 Å². The van der Waals surface area contributed by atoms with Gasteiger partial charge in [0.25, 0.3) is 0 Å². The second-order valence-corrected chi connectivity index (χ2v) is 6.05. The zero-order valence-corrected chi connectivity index (χ0v) is 11.6. The fourth-order valence-electron chi connectivity index (χ4n) is 3.60. The number of hydrogen-bond donors (Lipinski definition) is 1. The van der Waals surface area contributed by atoms with E-state index < -0.39 is 0 Å². The summed E-state index contributed by atoms with van der Waals surface area (Å²) in [4.78, 5) is 8.74. The van der Waals surface area contributed by atoms with Gasteiger partial charge in [0, 0.05) is 37.9 Å². The van der Waals surface area contributed by atoms with Crippen molar-refractivity contribution < 1.29 is 4.52 Å². The number of hydrogen-bond acceptors (Lipinski definition) is 5. The average molecular weight is 273 g/mol. The summed E-state index contributed by atoms with van der Waals surface area (Å²) in [5, 5.41) is 7.71. The summed E-state index contributed by atoms with van der Waals surface area (Å²) in [6, 6.07) is 1.41. The third-order valence-electron chi connectivity index (χ3n) is 4.52. The highest BCUT2D eigenvalue weighted by Gasteiger charge is 2.34. The number of aryl methyl sites for hydroxylation is 1. The highest BCUT2D eigenvalue weighted by Crippen LogP contribution is 2.32. The van der Waals surface area contributed by atoms with Crippen LogP contribution in [0.3, 0.4) is 0 Å². The molecule has 6 nitrogen and oxygen atoms in total. The monoisotopic (exact) mass is 273 g/mol. The lowest BCUT2D eigenvalue weighted by Gasteiger charge is -2.27. The topological polar surface area (TPSA) is 68.8 Å². The standard InChI is InChI=1S/C14H19N5O/c1-19-5-4-15-14(19)13-17-12(20-18-13)8-9-6-10-2-3-11(7-9)16-10/h4-5,9-11,16H,2-3,6-8H2,1H3. The largest absolute Gasteiger partial charge is 0.339 e. The van der Waals surface area contributed by atoms with E-state index >= 15 is 0 Å². The minimum Gasteiger partial charge on any atom is -0.339 e. The maximum absolute atomic E-state index is 5.40. The van der Waals surface area contributed by atoms with Crippen molar-refractivity contribution in [2.75, 3.05) is 0 Å². The van der Waals surface area contributed by atoms with Gasteiger partial charge in [-0.25, -0.2) is 4.98 Å². The lowest BCUT2D eigenvalue weighted by Crippen LogP contribution is -2.38. The van der Waals surface area contributed by atoms with Crippen molar-refractivity contribution in [1.29, 1.82) is 0 Å². The Morgan fingerprint density at radius 1 is 1.35 bits per heavy atom. The fourth-order valence-corrected chi connectivity index (χ4v) is 3.60. The third kappa shape index (κ3) is 2.14. The molecule has 2 aromatic heterocycles. The smallest absolute Gasteiger partial charge is 0.238 e. The number of imidazole rings is 1. The van der Waals surface area contributed by atoms with Crippen LogP contribution in [0.5, 0.6) is 0 Å². The van der Waals surface area contributed by atoms with E-state index in [1.165, 1.54) is 25.7 Å². The highest BCUT2D eigenvalue weighted by molar-refractivity contribution is 5.42. The van der Waals surface area contributed by atoms with Crippen LogP contribution in [0.15, 0.2) is 16.9 Å². The number of nitrogens with one attached hydrogen (secondary N) is 1. The molecule has 0 saturated carbocycles. The number of fused-ring (bicyclic) bond motifs is 2. The molecule has 0 aliphatic carbocycles. The Labute approximate surface area is 117 Å². The second kappa shape index (κ2) is 4.70. The van der Waals surface area contributed by atoms with Gasteiger partial charge in [0.15, 0.2) is 5.82 Å². The molecule has 0 aromatic carbocycles. The molecule has 20 heavy (non-hydrogen) atoms. The summed E-state index contributed by atoms with van der Waals surface area (Å²) in [6.45, 7) is 0. The van der Waals surface area contributed by atoms with Crippen LogP contribution in [0.1, 0.15) is 31.6 Å². The Kier molecular flexibility index (Phi) is 2.84. The summed E-state index contributed by atoms with van der Waals surface area (Å²) in [6.07, 6.45) is 9.64. The van der Waals surface area contributed by atoms with E-state index in [1.54, 1.807) is 6.20 Å². The van der Waals surface area contributed by atoms with Gasteiger partial charge in [-0.15, -0.1) is 0 Å². The first-order valence-electron chi connectivity index (χ1n) is 7.34. The van der Waals surface area contributed by atoms with E-state index in [9.17, 15) is 0 Å². The summed E-state index contributed by atoms with van der Waals surface area (Å²) < 4.78 is 7.30. The number of aromatic nitrogens is 4. The zero-order chi connectivity index (χ0) is 13.5. The zero-order valence-electron chi connectivity index (χ0n) is 11.6. The predicted octanol–water partition coefficient (Wildman–Crippen LogP) is 1.54. The van der Waals surface area contributed by atoms with E-state index in [-0.39, 0.29) is 0 Å². The number of rotatable bonds is 3. The van der Waals surface area contributed by atoms with Crippen molar-refractivity contribution >= 4 is 0 Å². The van der Waals surface area contributed by atoms with Crippen molar-refractivity contribution in [3.63, 3.8) is 0 Å². The number of nitrogens with zero attached hydrogens (tertiary/aromatic N) is 4. The van der Waals surface area contributed by atoms with Crippen LogP contribution in [-0.4, -0.2) is 31.8 Å². The molecular formula is C14H19N5O. The van der Waals surface area contributed by atoms with Gasteiger partial charge in [-0.1, -0.05) is 5.16 Å². The van der Waals surface area contributed by atoms with Gasteiger partial charge in [0.2, 0.25) is 11.7 Å². The lowest BCUT2D eigenvalue weighted by atomic mass is 9.90. The molecule has 2 fully saturated rings. The van der Waals surface area contributed by atoms with E-state index in [0.717, 1.165) is 18.1 Å². The predicted molar refractivity (Wildman–Crippen MR) is 72.9 cm³/mol. The van der Waals surface area contributed by atoms with Crippen molar-refractivity contribution in [2.45, 2.75) is 44.2 Å². The van der Waals surface area contributed by atoms with Crippen molar-refractivity contribution in [1.82, 2.24) is 25.0 Å². The van der Waals surface area contributed by atoms with Gasteiger partial charge in [-0.3, -0.25) is 0 Å². The average Bonchev–Trinajstić information content (AvgIpc) is 3.11. The van der Waals surface area contributed by atoms with Crippen LogP contribution in [0.25, 0.3) is 11.6 Å². The Bertz CT molecular complexity index is 592. The SMILES string of the molecule is Cn1ccnc1-c1noc(CC2CC3CCC(C2)N3)n1. The summed E-state index contributed by atoms with van der Waals surface area (Å²) in [5.74, 6) is 2.76. The van der Waals surface area contributed by atoms with Gasteiger partial charge >= 0.3 is 0 Å². The first-order chi connectivity index (χ1) is 9.78. The molecule has 4 rings (SSSR count). The Balaban J connectivity index is 1.47. The van der Waals surface area contributed by atoms with Crippen molar-refractivity contribution in [3.05, 3.63) is 18.3 Å². The molecule has 2 unspecified atom stereocenters. The minimum absolute atomic E-state index is 0.587. The van der Waals surface area contributed by atoms with Gasteiger partial charge in [-0.2, -0.15) is 4.98 Å². The van der Waals surface area contributed by atoms with Crippen LogP contribution >= 0.6 is 0 Å². The van der Waals surface area contributed by atoms with Crippen LogP contribution in [0, 0.1) is 5.92 Å². The minimum atomic E-state index is 0.587. The summed E-state index contributed by atoms with van der Waals surface area (Å²) in [5.41, 5.74) is 0. The number of piperidine rings is 1. The molecule has 0 radical (unpaired) electrons. The maximum atomic E-state index is 5.40. The van der Waals surface area contributed by atoms with E-state index in [1.807, 2.05) is 17.8 Å². The van der Waals surface area contributed by atoms with Crippen LogP contribution in [0.4, 0.5) is 0 Å². The first kappa shape index (κ1) is 12.1. The molecule has 2 aliphatic rings. The van der Waals surface area contributed by atoms with E-state index in [0.29, 0.717) is 23.8 Å². The summed E-state index contributed by atoms with van der Waals surface area (Å²) in [7, 11) is 1.93. The molecule has 2 saturated heterocycles. The molecule has 106 valence electrons. The molecular weight excluding hydrogens is 254 g/mol. The molecule has 6 heteroatoms. The van der Waals surface area contributed by atoms with Gasteiger partial charge < -0.3 is 14.4 Å². The van der Waals surface area contributed by atoms with Gasteiger partial charge in [-0.05, 0) is 31.6 Å². The van der Waals surface area contributed by atoms with Crippen molar-refractivity contribution in [3.8, 4) is 11.6 Å². The Morgan fingerprint density at radius 2 is 2.15 bits per heavy atom. The Hall–Kier alpha value is -1.69. The highest BCUT2D eigenvalue weighted by atomic mass is 16.5. The molecule has 2 aliphatic heterocycles. The van der Waals surface area contributed by atoms with Crippen LogP contribution < -0.4 is 5.32 Å². The van der Waals surface area contributed by atoms with E-state index in [2.05, 4.69) is 20.4 Å². The quantitative estimate of drug-likeness (QED) is 0.918. The molecule has 1 N–H and O–H groups in total. The first-order valence-corrected chi connectivity index (χ1v) is 7.34. The van der Waals surface area contributed by atoms with Gasteiger partial charge in [0.1, 0.15) is 0 Å². The second-order valence-electron chi connectivity index (χ2n) is 6.05. The molecule has 2 atom stereocenters. The molecule has 0 spiro atoms. The maximum Gasteiger partial charge on any atom is 0.238 e. The normalized spacial score (nSPS) is 28.9. The Morgan fingerprint density at radius 3 is 2.85 bits per heavy atom. The molecule has 2 bridgehead atoms. The summed E-state index contributed by atoms with van der Waals surface area (Å²) >= 11 is 0. The fraction of sp³-hybridized carbons (Fsp3) is 0.643. The lowest BCUT2D eigenvalue weighted by molar-refractivity contribution is 0.270. The third-order valence-corrected chi connectivity index (χ3v) is 4.52. The van der Waals surface area contributed by atoms with Gasteiger partial charge in [0.05, 0.1) is 0 Å². The molecule has 0 amide bonds. The van der Waals surface area contributed by atoms with Crippen LogP contribution in [-0.2, 0) is 13.5 Å². The molecule has 2 aromatic rings. The van der Waals surface area contributed by atoms with E-state index in [4.69, 9.17) is 4.52 Å².